The lowest BCUT2D eigenvalue weighted by molar-refractivity contribution is -0.114. The third-order valence-corrected chi connectivity index (χ3v) is 4.65. The summed E-state index contributed by atoms with van der Waals surface area (Å²) in [4.78, 5) is 26.3. The number of nitrogens with zero attached hydrogens (tertiary/aromatic N) is 1. The first-order chi connectivity index (χ1) is 12.5. The summed E-state index contributed by atoms with van der Waals surface area (Å²) in [5.41, 5.74) is 1.68. The third-order valence-electron chi connectivity index (χ3n) is 3.83. The van der Waals surface area contributed by atoms with Gasteiger partial charge in [0, 0.05) is 24.3 Å². The Morgan fingerprint density at radius 1 is 1.04 bits per heavy atom. The fourth-order valence-electron chi connectivity index (χ4n) is 2.44. The van der Waals surface area contributed by atoms with Gasteiger partial charge < -0.3 is 15.5 Å². The summed E-state index contributed by atoms with van der Waals surface area (Å²) in [6.45, 7) is 5.15. The van der Waals surface area contributed by atoms with Gasteiger partial charge in [-0.1, -0.05) is 35.3 Å². The van der Waals surface area contributed by atoms with Crippen molar-refractivity contribution in [2.45, 2.75) is 13.8 Å². The number of carbonyl (C=O) groups excluding carboxylic acids is 2. The van der Waals surface area contributed by atoms with E-state index in [0.29, 0.717) is 40.1 Å². The van der Waals surface area contributed by atoms with Crippen LogP contribution in [0.4, 0.5) is 11.4 Å². The molecule has 0 aliphatic heterocycles. The van der Waals surface area contributed by atoms with Crippen LogP contribution in [0.5, 0.6) is 0 Å². The van der Waals surface area contributed by atoms with Crippen LogP contribution in [0, 0.1) is 0 Å². The summed E-state index contributed by atoms with van der Waals surface area (Å²) in [6.07, 6.45) is 0. The molecule has 0 fully saturated rings. The zero-order valence-electron chi connectivity index (χ0n) is 14.7. The van der Waals surface area contributed by atoms with E-state index in [4.69, 9.17) is 23.2 Å². The zero-order valence-corrected chi connectivity index (χ0v) is 16.2. The minimum Gasteiger partial charge on any atom is -0.375 e. The average molecular weight is 394 g/mol. The molecule has 0 unspecified atom stereocenters. The number of benzene rings is 2. The number of carbonyl (C=O) groups is 2. The second kappa shape index (κ2) is 9.46. The fourth-order valence-corrected chi connectivity index (χ4v) is 2.81. The van der Waals surface area contributed by atoms with E-state index < -0.39 is 0 Å². The van der Waals surface area contributed by atoms with Crippen LogP contribution >= 0.6 is 23.2 Å². The number of hydrogen-bond acceptors (Lipinski definition) is 3. The van der Waals surface area contributed by atoms with Crippen molar-refractivity contribution in [3.05, 3.63) is 58.1 Å². The SMILES string of the molecule is CCN(CC)C(=O)c1cccc(NC(=O)CNc2cccc(Cl)c2Cl)c1. The molecule has 0 aliphatic carbocycles. The van der Waals surface area contributed by atoms with E-state index in [0.717, 1.165) is 0 Å². The van der Waals surface area contributed by atoms with Crippen molar-refractivity contribution in [1.82, 2.24) is 4.90 Å². The number of anilines is 2. The van der Waals surface area contributed by atoms with Crippen LogP contribution < -0.4 is 10.6 Å². The van der Waals surface area contributed by atoms with E-state index in [1.165, 1.54) is 0 Å². The summed E-state index contributed by atoms with van der Waals surface area (Å²) in [7, 11) is 0. The van der Waals surface area contributed by atoms with Crippen molar-refractivity contribution in [3.8, 4) is 0 Å². The molecule has 0 bridgehead atoms. The lowest BCUT2D eigenvalue weighted by atomic mass is 10.1. The van der Waals surface area contributed by atoms with Crippen LogP contribution in [-0.2, 0) is 4.79 Å². The van der Waals surface area contributed by atoms with Gasteiger partial charge in [-0.3, -0.25) is 9.59 Å². The molecule has 0 saturated heterocycles. The highest BCUT2D eigenvalue weighted by molar-refractivity contribution is 6.43. The molecular formula is C19H21Cl2N3O2. The van der Waals surface area contributed by atoms with Gasteiger partial charge >= 0.3 is 0 Å². The summed E-state index contributed by atoms with van der Waals surface area (Å²) in [5.74, 6) is -0.316. The molecule has 2 aromatic carbocycles. The quantitative estimate of drug-likeness (QED) is 0.726. The predicted octanol–water partition coefficient (Wildman–Crippen LogP) is 4.53. The topological polar surface area (TPSA) is 61.4 Å². The first-order valence-electron chi connectivity index (χ1n) is 8.33. The molecule has 26 heavy (non-hydrogen) atoms. The number of nitrogens with one attached hydrogen (secondary N) is 2. The molecule has 0 heterocycles. The van der Waals surface area contributed by atoms with Gasteiger partial charge in [-0.2, -0.15) is 0 Å². The number of rotatable bonds is 7. The molecule has 2 amide bonds. The third kappa shape index (κ3) is 5.13. The van der Waals surface area contributed by atoms with Crippen molar-refractivity contribution < 1.29 is 9.59 Å². The first-order valence-corrected chi connectivity index (χ1v) is 9.08. The largest absolute Gasteiger partial charge is 0.375 e. The lowest BCUT2D eigenvalue weighted by Gasteiger charge is -2.19. The highest BCUT2D eigenvalue weighted by atomic mass is 35.5. The Bertz CT molecular complexity index is 792. The van der Waals surface area contributed by atoms with E-state index in [1.807, 2.05) is 13.8 Å². The van der Waals surface area contributed by atoms with Gasteiger partial charge in [0.15, 0.2) is 0 Å². The maximum Gasteiger partial charge on any atom is 0.253 e. The highest BCUT2D eigenvalue weighted by Crippen LogP contribution is 2.29. The molecule has 2 N–H and O–H groups in total. The molecule has 2 rings (SSSR count). The van der Waals surface area contributed by atoms with Crippen LogP contribution in [0.1, 0.15) is 24.2 Å². The van der Waals surface area contributed by atoms with E-state index in [-0.39, 0.29) is 18.4 Å². The molecule has 0 aliphatic rings. The van der Waals surface area contributed by atoms with E-state index in [1.54, 1.807) is 47.4 Å². The van der Waals surface area contributed by atoms with Gasteiger partial charge in [0.05, 0.1) is 22.3 Å². The van der Waals surface area contributed by atoms with Crippen LogP contribution in [0.25, 0.3) is 0 Å². The van der Waals surface area contributed by atoms with Crippen LogP contribution in [-0.4, -0.2) is 36.3 Å². The van der Waals surface area contributed by atoms with Crippen molar-refractivity contribution in [2.75, 3.05) is 30.3 Å². The van der Waals surface area contributed by atoms with Gasteiger partial charge in [0.25, 0.3) is 5.91 Å². The van der Waals surface area contributed by atoms with Crippen molar-refractivity contribution >= 4 is 46.4 Å². The maximum absolute atomic E-state index is 12.4. The first kappa shape index (κ1) is 20.1. The molecular weight excluding hydrogens is 373 g/mol. The van der Waals surface area contributed by atoms with E-state index in [2.05, 4.69) is 10.6 Å². The Morgan fingerprint density at radius 2 is 1.73 bits per heavy atom. The lowest BCUT2D eigenvalue weighted by Crippen LogP contribution is -2.30. The number of halogens is 2. The maximum atomic E-state index is 12.4. The van der Waals surface area contributed by atoms with Crippen LogP contribution in [0.2, 0.25) is 10.0 Å². The van der Waals surface area contributed by atoms with Gasteiger partial charge in [-0.15, -0.1) is 0 Å². The molecule has 0 radical (unpaired) electrons. The predicted molar refractivity (Wildman–Crippen MR) is 107 cm³/mol. The molecule has 7 heteroatoms. The summed E-state index contributed by atoms with van der Waals surface area (Å²) in [5, 5.41) is 6.50. The van der Waals surface area contributed by atoms with Crippen LogP contribution in [0.15, 0.2) is 42.5 Å². The molecule has 0 saturated carbocycles. The molecule has 0 spiro atoms. The standard InChI is InChI=1S/C19H21Cl2N3O2/c1-3-24(4-2)19(26)13-7-5-8-14(11-13)23-17(25)12-22-16-10-6-9-15(20)18(16)21/h5-11,22H,3-4,12H2,1-2H3,(H,23,25). The second-order valence-electron chi connectivity index (χ2n) is 5.56. The summed E-state index contributed by atoms with van der Waals surface area (Å²) in [6, 6.07) is 12.1. The Hall–Kier alpha value is -2.24. The van der Waals surface area contributed by atoms with Gasteiger partial charge in [0.1, 0.15) is 0 Å². The van der Waals surface area contributed by atoms with Gasteiger partial charge in [-0.25, -0.2) is 0 Å². The highest BCUT2D eigenvalue weighted by Gasteiger charge is 2.13. The Balaban J connectivity index is 2.00. The molecule has 0 atom stereocenters. The minimum absolute atomic E-state index is 0.0221. The Kier molecular flexibility index (Phi) is 7.30. The smallest absolute Gasteiger partial charge is 0.253 e. The number of hydrogen-bond donors (Lipinski definition) is 2. The summed E-state index contributed by atoms with van der Waals surface area (Å²) >= 11 is 12.0. The van der Waals surface area contributed by atoms with E-state index >= 15 is 0 Å². The van der Waals surface area contributed by atoms with Crippen molar-refractivity contribution in [1.29, 1.82) is 0 Å². The average Bonchev–Trinajstić information content (AvgIpc) is 2.64. The molecule has 0 aromatic heterocycles. The monoisotopic (exact) mass is 393 g/mol. The summed E-state index contributed by atoms with van der Waals surface area (Å²) < 4.78 is 0. The number of amides is 2. The zero-order chi connectivity index (χ0) is 19.1. The van der Waals surface area contributed by atoms with Crippen molar-refractivity contribution in [3.63, 3.8) is 0 Å². The molecule has 5 nitrogen and oxygen atoms in total. The molecule has 138 valence electrons. The fraction of sp³-hybridized carbons (Fsp3) is 0.263. The Morgan fingerprint density at radius 3 is 2.42 bits per heavy atom. The van der Waals surface area contributed by atoms with Crippen LogP contribution in [0.3, 0.4) is 0 Å². The second-order valence-corrected chi connectivity index (χ2v) is 6.35. The minimum atomic E-state index is -0.256. The van der Waals surface area contributed by atoms with E-state index in [9.17, 15) is 9.59 Å². The van der Waals surface area contributed by atoms with Crippen molar-refractivity contribution in [2.24, 2.45) is 0 Å². The van der Waals surface area contributed by atoms with Gasteiger partial charge in [-0.05, 0) is 44.2 Å². The normalized spacial score (nSPS) is 10.3. The Labute approximate surface area is 163 Å². The van der Waals surface area contributed by atoms with Gasteiger partial charge in [0.2, 0.25) is 5.91 Å². The molecule has 2 aromatic rings.